The second-order valence-electron chi connectivity index (χ2n) is 9.40. The number of likely N-dealkylation sites (tertiary alicyclic amines) is 1. The summed E-state index contributed by atoms with van der Waals surface area (Å²) >= 11 is 0. The van der Waals surface area contributed by atoms with Gasteiger partial charge in [-0.25, -0.2) is 9.59 Å². The molecule has 0 radical (unpaired) electrons. The molecule has 1 unspecified atom stereocenters. The zero-order chi connectivity index (χ0) is 21.7. The van der Waals surface area contributed by atoms with Crippen molar-refractivity contribution >= 4 is 23.9 Å². The van der Waals surface area contributed by atoms with Gasteiger partial charge in [-0.3, -0.25) is 14.5 Å². The van der Waals surface area contributed by atoms with Gasteiger partial charge in [0.15, 0.2) is 0 Å². The van der Waals surface area contributed by atoms with Gasteiger partial charge in [0.2, 0.25) is 0 Å². The van der Waals surface area contributed by atoms with Crippen LogP contribution < -0.4 is 0 Å². The number of amides is 3. The highest BCUT2D eigenvalue weighted by Crippen LogP contribution is 2.48. The second-order valence-corrected chi connectivity index (χ2v) is 9.40. The van der Waals surface area contributed by atoms with E-state index in [1.807, 2.05) is 0 Å². The van der Waals surface area contributed by atoms with E-state index in [-0.39, 0.29) is 16.5 Å². The molecule has 1 aromatic rings. The number of hydrogen-bond acceptors (Lipinski definition) is 6. The Labute approximate surface area is 175 Å². The predicted octanol–water partition coefficient (Wildman–Crippen LogP) is 3.31. The van der Waals surface area contributed by atoms with Gasteiger partial charge in [-0.05, 0) is 57.6 Å². The minimum absolute atomic E-state index is 0.150. The topological polar surface area (TPSA) is 93.2 Å². The number of hydroxylamine groups is 2. The van der Waals surface area contributed by atoms with Gasteiger partial charge in [-0.15, -0.1) is 0 Å². The summed E-state index contributed by atoms with van der Waals surface area (Å²) < 4.78 is 5.50. The smallest absolute Gasteiger partial charge is 0.411 e. The molecule has 0 bridgehead atoms. The van der Waals surface area contributed by atoms with E-state index in [4.69, 9.17) is 9.57 Å². The van der Waals surface area contributed by atoms with Crippen LogP contribution in [-0.4, -0.2) is 52.0 Å². The van der Waals surface area contributed by atoms with Gasteiger partial charge in [0.25, 0.3) is 11.8 Å². The van der Waals surface area contributed by atoms with Crippen molar-refractivity contribution in [3.8, 4) is 0 Å². The third-order valence-corrected chi connectivity index (χ3v) is 6.01. The molecular weight excluding hydrogens is 388 g/mol. The van der Waals surface area contributed by atoms with E-state index < -0.39 is 35.5 Å². The molecular formula is C22H26N2O6. The van der Waals surface area contributed by atoms with E-state index in [1.54, 1.807) is 32.9 Å². The maximum Gasteiger partial charge on any atom is 0.411 e. The van der Waals surface area contributed by atoms with Crippen LogP contribution in [0.25, 0.3) is 0 Å². The molecule has 30 heavy (non-hydrogen) atoms. The Bertz CT molecular complexity index is 877. The van der Waals surface area contributed by atoms with Gasteiger partial charge in [-0.1, -0.05) is 30.0 Å². The molecule has 3 aliphatic rings. The van der Waals surface area contributed by atoms with Gasteiger partial charge in [-0.2, -0.15) is 0 Å². The van der Waals surface area contributed by atoms with Crippen LogP contribution >= 0.6 is 0 Å². The number of rotatable bonds is 2. The van der Waals surface area contributed by atoms with Gasteiger partial charge < -0.3 is 9.57 Å². The molecule has 4 rings (SSSR count). The van der Waals surface area contributed by atoms with Crippen molar-refractivity contribution in [1.82, 2.24) is 9.96 Å². The largest absolute Gasteiger partial charge is 0.444 e. The lowest BCUT2D eigenvalue weighted by Crippen LogP contribution is -2.46. The van der Waals surface area contributed by atoms with E-state index in [0.29, 0.717) is 18.0 Å². The fourth-order valence-corrected chi connectivity index (χ4v) is 4.67. The number of fused-ring (bicyclic) bond motifs is 1. The van der Waals surface area contributed by atoms with Crippen LogP contribution in [0.4, 0.5) is 4.79 Å². The lowest BCUT2D eigenvalue weighted by Gasteiger charge is -2.28. The second kappa shape index (κ2) is 7.11. The van der Waals surface area contributed by atoms with E-state index in [9.17, 15) is 19.2 Å². The molecule has 1 aliphatic carbocycles. The van der Waals surface area contributed by atoms with E-state index in [1.165, 1.54) is 17.0 Å². The number of imide groups is 1. The zero-order valence-corrected chi connectivity index (χ0v) is 17.5. The van der Waals surface area contributed by atoms with Crippen LogP contribution in [0.5, 0.6) is 0 Å². The number of nitrogens with zero attached hydrogens (tertiary/aromatic N) is 2. The average molecular weight is 414 g/mol. The minimum atomic E-state index is -0.901. The summed E-state index contributed by atoms with van der Waals surface area (Å²) in [5.74, 6) is -2.15. The van der Waals surface area contributed by atoms with Crippen molar-refractivity contribution in [2.45, 2.75) is 64.5 Å². The molecule has 1 saturated carbocycles. The molecule has 1 saturated heterocycles. The summed E-state index contributed by atoms with van der Waals surface area (Å²) in [6, 6.07) is 5.40. The number of ether oxygens (including phenoxy) is 1. The molecule has 1 atom stereocenters. The monoisotopic (exact) mass is 414 g/mol. The highest BCUT2D eigenvalue weighted by Gasteiger charge is 2.52. The standard InChI is InChI=1S/C22H26N2O6/c1-21(2,3)29-20(28)23-13-22(10-6-7-11-22)12-16(23)19(27)30-24-17(25)14-8-4-5-9-15(14)18(24)26/h4-5,8-9,16H,6-7,10-13H2,1-3H3. The van der Waals surface area contributed by atoms with Gasteiger partial charge in [0, 0.05) is 6.54 Å². The van der Waals surface area contributed by atoms with Gasteiger partial charge in [0.05, 0.1) is 11.1 Å². The lowest BCUT2D eigenvalue weighted by molar-refractivity contribution is -0.173. The zero-order valence-electron chi connectivity index (χ0n) is 17.5. The van der Waals surface area contributed by atoms with Crippen LogP contribution in [0.1, 0.15) is 73.6 Å². The molecule has 2 aliphatic heterocycles. The first-order valence-corrected chi connectivity index (χ1v) is 10.3. The van der Waals surface area contributed by atoms with E-state index >= 15 is 0 Å². The molecule has 3 amide bonds. The molecule has 8 nitrogen and oxygen atoms in total. The number of carbonyl (C=O) groups excluding carboxylic acids is 4. The van der Waals surface area contributed by atoms with Crippen molar-refractivity contribution in [1.29, 1.82) is 0 Å². The summed E-state index contributed by atoms with van der Waals surface area (Å²) in [5, 5.41) is 0.500. The molecule has 1 aromatic carbocycles. The maximum absolute atomic E-state index is 13.0. The van der Waals surface area contributed by atoms with Crippen molar-refractivity contribution in [2.75, 3.05) is 6.54 Å². The Morgan fingerprint density at radius 2 is 1.60 bits per heavy atom. The Morgan fingerprint density at radius 3 is 2.13 bits per heavy atom. The lowest BCUT2D eigenvalue weighted by atomic mass is 9.84. The summed E-state index contributed by atoms with van der Waals surface area (Å²) in [7, 11) is 0. The maximum atomic E-state index is 13.0. The number of hydrogen-bond donors (Lipinski definition) is 0. The third kappa shape index (κ3) is 3.55. The van der Waals surface area contributed by atoms with Gasteiger partial charge >= 0.3 is 12.1 Å². The Kier molecular flexibility index (Phi) is 4.83. The summed E-state index contributed by atoms with van der Waals surface area (Å²) in [5.41, 5.74) is -0.474. The van der Waals surface area contributed by atoms with Gasteiger partial charge in [0.1, 0.15) is 11.6 Å². The normalized spacial score (nSPS) is 22.6. The Hall–Kier alpha value is -2.90. The van der Waals surface area contributed by atoms with E-state index in [2.05, 4.69) is 0 Å². The summed E-state index contributed by atoms with van der Waals surface area (Å²) in [6.07, 6.45) is 3.78. The molecule has 2 heterocycles. The minimum Gasteiger partial charge on any atom is -0.444 e. The van der Waals surface area contributed by atoms with Crippen molar-refractivity contribution in [3.63, 3.8) is 0 Å². The fourth-order valence-electron chi connectivity index (χ4n) is 4.67. The SMILES string of the molecule is CC(C)(C)OC(=O)N1CC2(CCCC2)CC1C(=O)ON1C(=O)c2ccccc2C1=O. The molecule has 2 fully saturated rings. The summed E-state index contributed by atoms with van der Waals surface area (Å²) in [6.45, 7) is 5.69. The first kappa shape index (κ1) is 20.4. The van der Waals surface area contributed by atoms with Crippen LogP contribution in [0, 0.1) is 5.41 Å². The van der Waals surface area contributed by atoms with Crippen molar-refractivity contribution in [2.24, 2.45) is 5.41 Å². The molecule has 1 spiro atoms. The summed E-state index contributed by atoms with van der Waals surface area (Å²) in [4.78, 5) is 57.6. The molecule has 0 N–H and O–H groups in total. The Balaban J connectivity index is 1.54. The quantitative estimate of drug-likeness (QED) is 0.690. The highest BCUT2D eigenvalue weighted by molar-refractivity contribution is 6.20. The number of benzene rings is 1. The van der Waals surface area contributed by atoms with E-state index in [0.717, 1.165) is 25.7 Å². The Morgan fingerprint density at radius 1 is 1.03 bits per heavy atom. The third-order valence-electron chi connectivity index (χ3n) is 6.01. The van der Waals surface area contributed by atoms with Crippen LogP contribution in [0.15, 0.2) is 24.3 Å². The molecule has 0 aromatic heterocycles. The van der Waals surface area contributed by atoms with Crippen LogP contribution in [-0.2, 0) is 14.4 Å². The predicted molar refractivity (Wildman–Crippen MR) is 105 cm³/mol. The van der Waals surface area contributed by atoms with Crippen LogP contribution in [0.2, 0.25) is 0 Å². The van der Waals surface area contributed by atoms with Crippen molar-refractivity contribution < 1.29 is 28.8 Å². The van der Waals surface area contributed by atoms with Crippen LogP contribution in [0.3, 0.4) is 0 Å². The first-order valence-electron chi connectivity index (χ1n) is 10.3. The van der Waals surface area contributed by atoms with Crippen molar-refractivity contribution in [3.05, 3.63) is 35.4 Å². The molecule has 160 valence electrons. The highest BCUT2D eigenvalue weighted by atomic mass is 16.7. The first-order chi connectivity index (χ1) is 14.1. The molecule has 8 heteroatoms. The average Bonchev–Trinajstić information content (AvgIpc) is 3.36. The fraction of sp³-hybridized carbons (Fsp3) is 0.545. The number of carbonyl (C=O) groups is 4.